The molecule has 9 nitrogen and oxygen atoms in total. The van der Waals surface area contributed by atoms with E-state index in [2.05, 4.69) is 40.8 Å². The van der Waals surface area contributed by atoms with Crippen molar-refractivity contribution in [2.75, 3.05) is 44.5 Å². The number of ether oxygens (including phenoxy) is 1. The molecule has 1 saturated heterocycles. The van der Waals surface area contributed by atoms with Gasteiger partial charge in [-0.15, -0.1) is 0 Å². The van der Waals surface area contributed by atoms with Crippen LogP contribution in [0.25, 0.3) is 27.7 Å². The van der Waals surface area contributed by atoms with Gasteiger partial charge in [-0.05, 0) is 26.2 Å². The van der Waals surface area contributed by atoms with Crippen LogP contribution in [-0.2, 0) is 11.8 Å². The molecular formula is C28H30ClN7O2. The molecule has 0 atom stereocenters. The lowest BCUT2D eigenvalue weighted by Gasteiger charge is -2.45. The maximum atomic E-state index is 12.1. The van der Waals surface area contributed by atoms with Crippen LogP contribution in [0.4, 0.5) is 17.3 Å². The van der Waals surface area contributed by atoms with Gasteiger partial charge in [0.2, 0.25) is 11.9 Å². The van der Waals surface area contributed by atoms with Crippen LogP contribution < -0.4 is 20.7 Å². The van der Waals surface area contributed by atoms with Crippen molar-refractivity contribution < 1.29 is 9.53 Å². The van der Waals surface area contributed by atoms with Gasteiger partial charge in [0.05, 0.1) is 29.7 Å². The van der Waals surface area contributed by atoms with E-state index in [0.717, 1.165) is 35.2 Å². The number of anilines is 3. The molecule has 0 radical (unpaired) electrons. The van der Waals surface area contributed by atoms with Gasteiger partial charge < -0.3 is 30.2 Å². The second-order valence-corrected chi connectivity index (χ2v) is 10.0. The van der Waals surface area contributed by atoms with Crippen molar-refractivity contribution in [3.8, 4) is 17.0 Å². The normalized spacial score (nSPS) is 13.6. The van der Waals surface area contributed by atoms with Gasteiger partial charge in [0.15, 0.2) is 0 Å². The molecule has 0 bridgehead atoms. The van der Waals surface area contributed by atoms with E-state index in [0.29, 0.717) is 39.7 Å². The number of methoxy groups -OCH3 is 1. The number of aryl methyl sites for hydroxylation is 1. The smallest absolute Gasteiger partial charge is 0.248 e. The summed E-state index contributed by atoms with van der Waals surface area (Å²) in [7, 11) is 7.68. The van der Waals surface area contributed by atoms with Crippen LogP contribution in [0, 0.1) is 0 Å². The Balaban J connectivity index is 1.54. The molecule has 3 heterocycles. The standard InChI is InChI=1S/C28H30ClN7O2/c1-16(27(30)37)19-10-22(25(38-5)11-24(19)36-13-17(14-36)34(2)3)32-28-31-12-21(29)26(33-28)20-15-35(4)23-9-7-6-8-18(20)23/h6-12,15,17H,1,13-14H2,2-5H3,(H2,30,37)(H,31,32,33). The number of fused-ring (bicyclic) bond motifs is 1. The Kier molecular flexibility index (Phi) is 6.73. The number of nitrogens with zero attached hydrogens (tertiary/aromatic N) is 5. The zero-order valence-electron chi connectivity index (χ0n) is 21.8. The molecule has 3 N–H and O–H groups in total. The van der Waals surface area contributed by atoms with E-state index in [1.54, 1.807) is 19.4 Å². The first-order chi connectivity index (χ1) is 18.2. The van der Waals surface area contributed by atoms with E-state index in [-0.39, 0.29) is 5.57 Å². The zero-order chi connectivity index (χ0) is 27.1. The number of carbonyl (C=O) groups is 1. The molecule has 0 saturated carbocycles. The summed E-state index contributed by atoms with van der Waals surface area (Å²) in [6, 6.07) is 12.2. The predicted octanol–water partition coefficient (Wildman–Crippen LogP) is 4.29. The third-order valence-corrected chi connectivity index (χ3v) is 7.29. The number of rotatable bonds is 8. The zero-order valence-corrected chi connectivity index (χ0v) is 22.6. The summed E-state index contributed by atoms with van der Waals surface area (Å²) in [6.07, 6.45) is 3.57. The van der Waals surface area contributed by atoms with E-state index < -0.39 is 5.91 Å². The third-order valence-electron chi connectivity index (χ3n) is 7.02. The number of aromatic nitrogens is 3. The van der Waals surface area contributed by atoms with Gasteiger partial charge in [0.25, 0.3) is 0 Å². The maximum absolute atomic E-state index is 12.1. The minimum absolute atomic E-state index is 0.215. The van der Waals surface area contributed by atoms with Gasteiger partial charge in [-0.2, -0.15) is 0 Å². The number of nitrogens with one attached hydrogen (secondary N) is 1. The van der Waals surface area contributed by atoms with Gasteiger partial charge >= 0.3 is 0 Å². The largest absolute Gasteiger partial charge is 0.494 e. The fourth-order valence-corrected chi connectivity index (χ4v) is 4.91. The minimum atomic E-state index is -0.590. The molecule has 2 aromatic carbocycles. The van der Waals surface area contributed by atoms with E-state index in [4.69, 9.17) is 27.1 Å². The number of carbonyl (C=O) groups excluding carboxylic acids is 1. The Morgan fingerprint density at radius 3 is 2.68 bits per heavy atom. The highest BCUT2D eigenvalue weighted by Crippen LogP contribution is 2.40. The number of halogens is 1. The highest BCUT2D eigenvalue weighted by atomic mass is 35.5. The minimum Gasteiger partial charge on any atom is -0.494 e. The van der Waals surface area contributed by atoms with Gasteiger partial charge in [0, 0.05) is 71.7 Å². The Hall–Kier alpha value is -4.08. The lowest BCUT2D eigenvalue weighted by molar-refractivity contribution is -0.112. The van der Waals surface area contributed by atoms with Crippen molar-refractivity contribution in [1.29, 1.82) is 0 Å². The molecule has 196 valence electrons. The summed E-state index contributed by atoms with van der Waals surface area (Å²) in [6.45, 7) is 5.58. The number of benzene rings is 2. The monoisotopic (exact) mass is 531 g/mol. The Morgan fingerprint density at radius 2 is 2.00 bits per heavy atom. The average Bonchev–Trinajstić information content (AvgIpc) is 3.20. The summed E-state index contributed by atoms with van der Waals surface area (Å²) >= 11 is 6.56. The molecular weight excluding hydrogens is 502 g/mol. The number of hydrogen-bond donors (Lipinski definition) is 2. The van der Waals surface area contributed by atoms with Gasteiger partial charge in [-0.1, -0.05) is 36.4 Å². The molecule has 0 unspecified atom stereocenters. The molecule has 1 aliphatic rings. The highest BCUT2D eigenvalue weighted by Gasteiger charge is 2.31. The van der Waals surface area contributed by atoms with Crippen LogP contribution >= 0.6 is 11.6 Å². The molecule has 0 spiro atoms. The van der Waals surface area contributed by atoms with Crippen LogP contribution in [0.15, 0.2) is 55.4 Å². The van der Waals surface area contributed by atoms with Gasteiger partial charge in [-0.3, -0.25) is 4.79 Å². The van der Waals surface area contributed by atoms with Crippen molar-refractivity contribution >= 4 is 51.3 Å². The maximum Gasteiger partial charge on any atom is 0.248 e. The van der Waals surface area contributed by atoms with E-state index in [1.807, 2.05) is 48.1 Å². The number of amides is 1. The number of para-hydroxylation sites is 1. The van der Waals surface area contributed by atoms with Crippen LogP contribution in [0.5, 0.6) is 5.75 Å². The number of likely N-dealkylation sites (N-methyl/N-ethyl adjacent to an activating group) is 1. The molecule has 1 aliphatic heterocycles. The van der Waals surface area contributed by atoms with E-state index >= 15 is 0 Å². The van der Waals surface area contributed by atoms with Crippen molar-refractivity contribution in [2.45, 2.75) is 6.04 Å². The van der Waals surface area contributed by atoms with Crippen LogP contribution in [0.3, 0.4) is 0 Å². The first kappa shape index (κ1) is 25.6. The number of nitrogens with two attached hydrogens (primary N) is 1. The van der Waals surface area contributed by atoms with Crippen molar-refractivity contribution in [1.82, 2.24) is 19.4 Å². The second kappa shape index (κ2) is 10.00. The van der Waals surface area contributed by atoms with Crippen molar-refractivity contribution in [3.05, 3.63) is 66.0 Å². The lowest BCUT2D eigenvalue weighted by Crippen LogP contribution is -2.57. The molecule has 38 heavy (non-hydrogen) atoms. The average molecular weight is 532 g/mol. The summed E-state index contributed by atoms with van der Waals surface area (Å²) in [5, 5.41) is 4.72. The molecule has 4 aromatic rings. The summed E-state index contributed by atoms with van der Waals surface area (Å²) in [5.74, 6) is 0.309. The van der Waals surface area contributed by atoms with Crippen molar-refractivity contribution in [3.63, 3.8) is 0 Å². The van der Waals surface area contributed by atoms with Crippen molar-refractivity contribution in [2.24, 2.45) is 12.8 Å². The molecule has 10 heteroatoms. The summed E-state index contributed by atoms with van der Waals surface area (Å²) in [5.41, 5.74) is 10.5. The first-order valence-electron chi connectivity index (χ1n) is 12.1. The lowest BCUT2D eigenvalue weighted by atomic mass is 9.98. The Morgan fingerprint density at radius 1 is 1.26 bits per heavy atom. The molecule has 5 rings (SSSR count). The van der Waals surface area contributed by atoms with Crippen LogP contribution in [-0.4, -0.2) is 65.7 Å². The summed E-state index contributed by atoms with van der Waals surface area (Å²) in [4.78, 5) is 25.6. The third kappa shape index (κ3) is 4.55. The molecule has 0 aliphatic carbocycles. The predicted molar refractivity (Wildman–Crippen MR) is 153 cm³/mol. The second-order valence-electron chi connectivity index (χ2n) is 9.62. The Bertz CT molecular complexity index is 1560. The topological polar surface area (TPSA) is 102 Å². The summed E-state index contributed by atoms with van der Waals surface area (Å²) < 4.78 is 7.75. The SMILES string of the molecule is C=C(C(N)=O)c1cc(Nc2ncc(Cl)c(-c3cn(C)c4ccccc34)n2)c(OC)cc1N1CC(N(C)C)C1. The Labute approximate surface area is 226 Å². The van der Waals surface area contributed by atoms with Crippen LogP contribution in [0.2, 0.25) is 5.02 Å². The first-order valence-corrected chi connectivity index (χ1v) is 12.5. The van der Waals surface area contributed by atoms with Crippen LogP contribution in [0.1, 0.15) is 5.56 Å². The number of hydrogen-bond acceptors (Lipinski definition) is 7. The molecule has 2 aromatic heterocycles. The molecule has 1 fully saturated rings. The fraction of sp³-hybridized carbons (Fsp3) is 0.250. The molecule has 1 amide bonds. The van der Waals surface area contributed by atoms with Gasteiger partial charge in [0.1, 0.15) is 5.75 Å². The number of primary amides is 1. The quantitative estimate of drug-likeness (QED) is 0.327. The van der Waals surface area contributed by atoms with E-state index in [9.17, 15) is 4.79 Å². The van der Waals surface area contributed by atoms with E-state index in [1.165, 1.54) is 0 Å². The fourth-order valence-electron chi connectivity index (χ4n) is 4.72. The highest BCUT2D eigenvalue weighted by molar-refractivity contribution is 6.33. The van der Waals surface area contributed by atoms with Gasteiger partial charge in [-0.25, -0.2) is 9.97 Å².